The van der Waals surface area contributed by atoms with E-state index in [4.69, 9.17) is 0 Å². The summed E-state index contributed by atoms with van der Waals surface area (Å²) in [6.07, 6.45) is 3.01. The summed E-state index contributed by atoms with van der Waals surface area (Å²) in [6.45, 7) is 7.25. The van der Waals surface area contributed by atoms with E-state index < -0.39 is 8.25 Å². The molecule has 0 unspecified atom stereocenters. The molecular formula is C6H13NO3P+. The average molecular weight is 178 g/mol. The van der Waals surface area contributed by atoms with Crippen LogP contribution in [0, 0.1) is 0 Å². The molecule has 0 heterocycles. The predicted octanol–water partition coefficient (Wildman–Crippen LogP) is 2.21. The van der Waals surface area contributed by atoms with Gasteiger partial charge in [0, 0.05) is 4.57 Å². The number of hydrogen-bond acceptors (Lipinski definition) is 4. The van der Waals surface area contributed by atoms with Crippen molar-refractivity contribution in [3.05, 3.63) is 25.3 Å². The molecular weight excluding hydrogens is 165 g/mol. The lowest BCUT2D eigenvalue weighted by atomic mass is 10.7. The molecule has 0 saturated carbocycles. The fourth-order valence-electron chi connectivity index (χ4n) is 0.264. The Balaban J connectivity index is 0. The van der Waals surface area contributed by atoms with Gasteiger partial charge in [0.1, 0.15) is 13.2 Å². The van der Waals surface area contributed by atoms with Crippen molar-refractivity contribution in [2.45, 2.75) is 0 Å². The highest BCUT2D eigenvalue weighted by Crippen LogP contribution is 2.22. The van der Waals surface area contributed by atoms with Gasteiger partial charge in [-0.1, -0.05) is 12.2 Å². The van der Waals surface area contributed by atoms with E-state index >= 15 is 0 Å². The van der Waals surface area contributed by atoms with Gasteiger partial charge >= 0.3 is 8.25 Å². The van der Waals surface area contributed by atoms with E-state index in [1.54, 1.807) is 0 Å². The second kappa shape index (κ2) is 9.46. The van der Waals surface area contributed by atoms with Gasteiger partial charge in [-0.2, -0.15) is 0 Å². The summed E-state index contributed by atoms with van der Waals surface area (Å²) >= 11 is 0. The quantitative estimate of drug-likeness (QED) is 0.500. The Kier molecular flexibility index (Phi) is 11.2. The second-order valence-electron chi connectivity index (χ2n) is 1.39. The zero-order chi connectivity index (χ0) is 7.82. The van der Waals surface area contributed by atoms with E-state index in [9.17, 15) is 4.57 Å². The molecule has 0 atom stereocenters. The van der Waals surface area contributed by atoms with Crippen molar-refractivity contribution in [1.29, 1.82) is 0 Å². The van der Waals surface area contributed by atoms with E-state index in [1.807, 2.05) is 0 Å². The van der Waals surface area contributed by atoms with Crippen LogP contribution in [0.3, 0.4) is 0 Å². The molecule has 64 valence electrons. The third kappa shape index (κ3) is 9.46. The summed E-state index contributed by atoms with van der Waals surface area (Å²) in [5.74, 6) is 0. The first-order chi connectivity index (χ1) is 4.81. The molecule has 3 N–H and O–H groups in total. The molecule has 0 spiro atoms. The lowest BCUT2D eigenvalue weighted by Crippen LogP contribution is -1.84. The van der Waals surface area contributed by atoms with Crippen molar-refractivity contribution >= 4 is 8.25 Å². The van der Waals surface area contributed by atoms with Crippen molar-refractivity contribution in [2.75, 3.05) is 13.2 Å². The van der Waals surface area contributed by atoms with Crippen LogP contribution in [0.5, 0.6) is 0 Å². The van der Waals surface area contributed by atoms with Crippen molar-refractivity contribution < 1.29 is 13.6 Å². The first-order valence-electron chi connectivity index (χ1n) is 2.76. The van der Waals surface area contributed by atoms with Crippen molar-refractivity contribution in [3.63, 3.8) is 0 Å². The molecule has 0 radical (unpaired) electrons. The summed E-state index contributed by atoms with van der Waals surface area (Å²) in [6, 6.07) is 0. The molecule has 0 rings (SSSR count). The van der Waals surface area contributed by atoms with Crippen molar-refractivity contribution in [2.24, 2.45) is 0 Å². The number of rotatable bonds is 6. The average Bonchev–Trinajstić information content (AvgIpc) is 1.97. The molecule has 11 heavy (non-hydrogen) atoms. The van der Waals surface area contributed by atoms with Crippen LogP contribution in [0.1, 0.15) is 0 Å². The maximum atomic E-state index is 10.6. The Bertz CT molecular complexity index is 124. The summed E-state index contributed by atoms with van der Waals surface area (Å²) in [5.41, 5.74) is 0. The molecule has 0 aliphatic heterocycles. The highest BCUT2D eigenvalue weighted by Gasteiger charge is 2.16. The Morgan fingerprint density at radius 1 is 1.18 bits per heavy atom. The fourth-order valence-corrected chi connectivity index (χ4v) is 0.793. The van der Waals surface area contributed by atoms with Crippen LogP contribution >= 0.6 is 8.25 Å². The molecule has 0 amide bonds. The smallest absolute Gasteiger partial charge is 0.344 e. The van der Waals surface area contributed by atoms with Gasteiger partial charge in [0.05, 0.1) is 0 Å². The second-order valence-corrected chi connectivity index (χ2v) is 2.36. The first kappa shape index (κ1) is 13.1. The zero-order valence-electron chi connectivity index (χ0n) is 6.36. The molecule has 4 nitrogen and oxygen atoms in total. The topological polar surface area (TPSA) is 70.5 Å². The van der Waals surface area contributed by atoms with Gasteiger partial charge < -0.3 is 6.15 Å². The standard InChI is InChI=1S/C6H10O3P.H3N/c1-3-5-8-10(7)9-6-4-2;/h3-4H,1-2,5-6H2;1H3/q+1;. The lowest BCUT2D eigenvalue weighted by Gasteiger charge is -1.81. The van der Waals surface area contributed by atoms with E-state index in [0.29, 0.717) is 0 Å². The van der Waals surface area contributed by atoms with E-state index in [1.165, 1.54) is 12.2 Å². The molecule has 0 aliphatic carbocycles. The monoisotopic (exact) mass is 178 g/mol. The van der Waals surface area contributed by atoms with E-state index in [2.05, 4.69) is 22.2 Å². The Morgan fingerprint density at radius 2 is 1.55 bits per heavy atom. The van der Waals surface area contributed by atoms with Crippen LogP contribution in [-0.2, 0) is 13.6 Å². The van der Waals surface area contributed by atoms with Crippen LogP contribution in [-0.4, -0.2) is 13.2 Å². The lowest BCUT2D eigenvalue weighted by molar-refractivity contribution is 0.261. The summed E-state index contributed by atoms with van der Waals surface area (Å²) in [4.78, 5) is 0. The van der Waals surface area contributed by atoms with Gasteiger partial charge in [-0.05, 0) is 0 Å². The van der Waals surface area contributed by atoms with Gasteiger partial charge in [-0.15, -0.1) is 22.2 Å². The van der Waals surface area contributed by atoms with Crippen LogP contribution in [0.4, 0.5) is 0 Å². The van der Waals surface area contributed by atoms with Crippen LogP contribution in [0.2, 0.25) is 0 Å². The summed E-state index contributed by atoms with van der Waals surface area (Å²) in [5, 5.41) is 0. The summed E-state index contributed by atoms with van der Waals surface area (Å²) in [7, 11) is -1.98. The van der Waals surface area contributed by atoms with Gasteiger partial charge in [0.25, 0.3) is 0 Å². The van der Waals surface area contributed by atoms with E-state index in [-0.39, 0.29) is 19.4 Å². The SMILES string of the molecule is C=CCO[P+](=O)OCC=C.N. The molecule has 0 fully saturated rings. The minimum Gasteiger partial charge on any atom is -0.344 e. The van der Waals surface area contributed by atoms with Crippen LogP contribution in [0.25, 0.3) is 0 Å². The maximum absolute atomic E-state index is 10.6. The fraction of sp³-hybridized carbons (Fsp3) is 0.333. The van der Waals surface area contributed by atoms with Crippen molar-refractivity contribution in [3.8, 4) is 0 Å². The number of hydrogen-bond donors (Lipinski definition) is 1. The summed E-state index contributed by atoms with van der Waals surface area (Å²) < 4.78 is 19.8. The predicted molar refractivity (Wildman–Crippen MR) is 44.9 cm³/mol. The molecule has 0 aromatic rings. The van der Waals surface area contributed by atoms with Crippen molar-refractivity contribution in [1.82, 2.24) is 6.15 Å². The highest BCUT2D eigenvalue weighted by molar-refractivity contribution is 7.33. The Labute approximate surface area is 67.4 Å². The molecule has 0 aromatic heterocycles. The van der Waals surface area contributed by atoms with Gasteiger partial charge in [0.15, 0.2) is 0 Å². The highest BCUT2D eigenvalue weighted by atomic mass is 31.1. The third-order valence-corrected chi connectivity index (χ3v) is 1.32. The molecule has 5 heteroatoms. The largest absolute Gasteiger partial charge is 0.698 e. The molecule has 0 aliphatic rings. The van der Waals surface area contributed by atoms with Crippen LogP contribution in [0.15, 0.2) is 25.3 Å². The van der Waals surface area contributed by atoms with Gasteiger partial charge in [0.2, 0.25) is 0 Å². The van der Waals surface area contributed by atoms with Gasteiger partial charge in [-0.3, -0.25) is 0 Å². The van der Waals surface area contributed by atoms with E-state index in [0.717, 1.165) is 0 Å². The molecule has 0 bridgehead atoms. The minimum absolute atomic E-state index is 0. The molecule has 0 saturated heterocycles. The molecule has 0 aromatic carbocycles. The zero-order valence-corrected chi connectivity index (χ0v) is 7.26. The Morgan fingerprint density at radius 3 is 1.82 bits per heavy atom. The van der Waals surface area contributed by atoms with Crippen LogP contribution < -0.4 is 6.15 Å². The first-order valence-corrected chi connectivity index (χ1v) is 3.85. The third-order valence-electron chi connectivity index (χ3n) is 0.596. The Hall–Kier alpha value is -0.540. The normalized spacial score (nSPS) is 8.00. The maximum Gasteiger partial charge on any atom is 0.698 e. The minimum atomic E-state index is -1.98. The van der Waals surface area contributed by atoms with Gasteiger partial charge in [-0.25, -0.2) is 0 Å².